The highest BCUT2D eigenvalue weighted by atomic mass is 19.4. The second-order valence-corrected chi connectivity index (χ2v) is 6.61. The average Bonchev–Trinajstić information content (AvgIpc) is 2.66. The summed E-state index contributed by atoms with van der Waals surface area (Å²) in [5.74, 6) is -1.01. The minimum absolute atomic E-state index is 0.00686. The Morgan fingerprint density at radius 2 is 1.69 bits per heavy atom. The monoisotopic (exact) mass is 408 g/mol. The number of carbonyl (C=O) groups excluding carboxylic acids is 2. The number of rotatable bonds is 9. The van der Waals surface area contributed by atoms with Crippen molar-refractivity contribution < 1.29 is 27.5 Å². The van der Waals surface area contributed by atoms with Crippen molar-refractivity contribution in [3.63, 3.8) is 0 Å². The Kier molecular flexibility index (Phi) is 8.21. The molecule has 2 aromatic carbocycles. The van der Waals surface area contributed by atoms with Gasteiger partial charge in [0.25, 0.3) is 0 Å². The van der Waals surface area contributed by atoms with Crippen LogP contribution in [-0.2, 0) is 26.9 Å². The van der Waals surface area contributed by atoms with E-state index in [1.165, 1.54) is 17.7 Å². The van der Waals surface area contributed by atoms with Gasteiger partial charge in [0.1, 0.15) is 13.2 Å². The van der Waals surface area contributed by atoms with E-state index < -0.39 is 24.3 Å². The second kappa shape index (κ2) is 10.6. The van der Waals surface area contributed by atoms with Gasteiger partial charge in [0.2, 0.25) is 11.8 Å². The van der Waals surface area contributed by atoms with Gasteiger partial charge in [-0.1, -0.05) is 36.4 Å². The summed E-state index contributed by atoms with van der Waals surface area (Å²) in [6.45, 7) is 1.12. The minimum Gasteiger partial charge on any atom is -0.362 e. The number of carbonyl (C=O) groups is 2. The Hall–Kier alpha value is -2.87. The maximum atomic E-state index is 12.7. The summed E-state index contributed by atoms with van der Waals surface area (Å²) >= 11 is 0. The largest absolute Gasteiger partial charge is 0.416 e. The van der Waals surface area contributed by atoms with E-state index in [2.05, 4.69) is 10.6 Å². The highest BCUT2D eigenvalue weighted by Crippen LogP contribution is 2.30. The zero-order valence-corrected chi connectivity index (χ0v) is 16.0. The maximum Gasteiger partial charge on any atom is 0.416 e. The Bertz CT molecular complexity index is 810. The number of halogens is 3. The van der Waals surface area contributed by atoms with Crippen LogP contribution in [0.15, 0.2) is 54.6 Å². The molecule has 29 heavy (non-hydrogen) atoms. The number of hydrogen-bond acceptors (Lipinski definition) is 3. The van der Waals surface area contributed by atoms with Crippen LogP contribution in [0.2, 0.25) is 0 Å². The molecule has 0 heterocycles. The highest BCUT2D eigenvalue weighted by Gasteiger charge is 2.30. The van der Waals surface area contributed by atoms with Gasteiger partial charge in [0.15, 0.2) is 0 Å². The molecule has 0 saturated heterocycles. The number of anilines is 1. The molecule has 0 aliphatic carbocycles. The van der Waals surface area contributed by atoms with Crippen LogP contribution in [0.4, 0.5) is 18.9 Å². The Morgan fingerprint density at radius 3 is 2.38 bits per heavy atom. The number of ether oxygens (including phenoxy) is 1. The van der Waals surface area contributed by atoms with Crippen molar-refractivity contribution in [1.82, 2.24) is 5.32 Å². The molecule has 0 bridgehead atoms. The van der Waals surface area contributed by atoms with Crippen molar-refractivity contribution in [3.05, 3.63) is 65.7 Å². The lowest BCUT2D eigenvalue weighted by Gasteiger charge is -2.14. The van der Waals surface area contributed by atoms with Crippen molar-refractivity contribution in [2.45, 2.75) is 32.0 Å². The molecule has 0 unspecified atom stereocenters. The molecule has 2 N–H and O–H groups in total. The summed E-state index contributed by atoms with van der Waals surface area (Å²) in [4.78, 5) is 23.7. The quantitative estimate of drug-likeness (QED) is 0.663. The summed E-state index contributed by atoms with van der Waals surface area (Å²) in [5, 5.41) is 5.09. The summed E-state index contributed by atoms with van der Waals surface area (Å²) in [5.41, 5.74) is 0.323. The van der Waals surface area contributed by atoms with Crippen LogP contribution in [0.3, 0.4) is 0 Å². The molecule has 0 aromatic heterocycles. The van der Waals surface area contributed by atoms with Gasteiger partial charge in [0, 0.05) is 11.7 Å². The van der Waals surface area contributed by atoms with E-state index >= 15 is 0 Å². The molecular formula is C21H23F3N2O3. The smallest absolute Gasteiger partial charge is 0.362 e. The Labute approximate surface area is 167 Å². The Morgan fingerprint density at radius 1 is 1.00 bits per heavy atom. The van der Waals surface area contributed by atoms with Gasteiger partial charge in [-0.05, 0) is 43.5 Å². The topological polar surface area (TPSA) is 67.4 Å². The van der Waals surface area contributed by atoms with Crippen molar-refractivity contribution in [2.24, 2.45) is 0 Å². The van der Waals surface area contributed by atoms with Gasteiger partial charge >= 0.3 is 6.18 Å². The SMILES string of the molecule is C[C@H](CCc1ccccc1)NC(=O)COCC(=O)Nc1cccc(C(F)(F)F)c1. The number of nitrogens with one attached hydrogen (secondary N) is 2. The zero-order chi connectivity index (χ0) is 21.3. The number of aryl methyl sites for hydroxylation is 1. The molecule has 2 amide bonds. The fourth-order valence-corrected chi connectivity index (χ4v) is 2.62. The standard InChI is InChI=1S/C21H23F3N2O3/c1-15(10-11-16-6-3-2-4-7-16)25-19(27)13-29-14-20(28)26-18-9-5-8-17(12-18)21(22,23)24/h2-9,12,15H,10-11,13-14H2,1H3,(H,25,27)(H,26,28)/t15-/m1/s1. The van der Waals surface area contributed by atoms with E-state index in [1.54, 1.807) is 0 Å². The Balaban J connectivity index is 1.67. The van der Waals surface area contributed by atoms with Gasteiger partial charge in [-0.15, -0.1) is 0 Å². The fraction of sp³-hybridized carbons (Fsp3) is 0.333. The van der Waals surface area contributed by atoms with Crippen molar-refractivity contribution >= 4 is 17.5 Å². The van der Waals surface area contributed by atoms with Crippen LogP contribution in [0.1, 0.15) is 24.5 Å². The number of benzene rings is 2. The third-order valence-electron chi connectivity index (χ3n) is 4.06. The molecular weight excluding hydrogens is 385 g/mol. The average molecular weight is 408 g/mol. The van der Waals surface area contributed by atoms with E-state index in [9.17, 15) is 22.8 Å². The van der Waals surface area contributed by atoms with Gasteiger partial charge in [-0.3, -0.25) is 9.59 Å². The second-order valence-electron chi connectivity index (χ2n) is 6.61. The first-order valence-electron chi connectivity index (χ1n) is 9.12. The van der Waals surface area contributed by atoms with E-state index in [1.807, 2.05) is 37.3 Å². The first-order chi connectivity index (χ1) is 13.7. The number of alkyl halides is 3. The predicted octanol–water partition coefficient (Wildman–Crippen LogP) is 3.80. The highest BCUT2D eigenvalue weighted by molar-refractivity contribution is 5.92. The molecule has 8 heteroatoms. The van der Waals surface area contributed by atoms with Crippen LogP contribution in [-0.4, -0.2) is 31.1 Å². The van der Waals surface area contributed by atoms with E-state index in [0.717, 1.165) is 25.0 Å². The molecule has 5 nitrogen and oxygen atoms in total. The van der Waals surface area contributed by atoms with E-state index in [4.69, 9.17) is 4.74 Å². The maximum absolute atomic E-state index is 12.7. The van der Waals surface area contributed by atoms with E-state index in [-0.39, 0.29) is 24.2 Å². The molecule has 0 aliphatic rings. The molecule has 0 saturated carbocycles. The van der Waals surface area contributed by atoms with Crippen molar-refractivity contribution in [2.75, 3.05) is 18.5 Å². The summed E-state index contributed by atoms with van der Waals surface area (Å²) in [6, 6.07) is 14.1. The molecule has 2 rings (SSSR count). The number of hydrogen-bond donors (Lipinski definition) is 2. The predicted molar refractivity (Wildman–Crippen MR) is 103 cm³/mol. The number of amides is 2. The van der Waals surface area contributed by atoms with Crippen LogP contribution in [0.5, 0.6) is 0 Å². The van der Waals surface area contributed by atoms with Gasteiger partial charge in [-0.2, -0.15) is 13.2 Å². The lowest BCUT2D eigenvalue weighted by molar-refractivity contribution is -0.137. The molecule has 156 valence electrons. The first-order valence-corrected chi connectivity index (χ1v) is 9.12. The van der Waals surface area contributed by atoms with Crippen LogP contribution < -0.4 is 10.6 Å². The summed E-state index contributed by atoms with van der Waals surface area (Å²) < 4.78 is 43.1. The van der Waals surface area contributed by atoms with Gasteiger partial charge < -0.3 is 15.4 Å². The van der Waals surface area contributed by atoms with Gasteiger partial charge in [0.05, 0.1) is 5.56 Å². The molecule has 0 radical (unpaired) electrons. The van der Waals surface area contributed by atoms with E-state index in [0.29, 0.717) is 0 Å². The molecule has 2 aromatic rings. The fourth-order valence-electron chi connectivity index (χ4n) is 2.62. The van der Waals surface area contributed by atoms with Crippen molar-refractivity contribution in [1.29, 1.82) is 0 Å². The molecule has 0 fully saturated rings. The normalized spacial score (nSPS) is 12.3. The zero-order valence-electron chi connectivity index (χ0n) is 16.0. The van der Waals surface area contributed by atoms with Gasteiger partial charge in [-0.25, -0.2) is 0 Å². The third kappa shape index (κ3) is 8.35. The molecule has 1 atom stereocenters. The summed E-state index contributed by atoms with van der Waals surface area (Å²) in [6.07, 6.45) is -2.92. The lowest BCUT2D eigenvalue weighted by atomic mass is 10.1. The lowest BCUT2D eigenvalue weighted by Crippen LogP contribution is -2.36. The van der Waals surface area contributed by atoms with Crippen LogP contribution >= 0.6 is 0 Å². The van der Waals surface area contributed by atoms with Crippen LogP contribution in [0.25, 0.3) is 0 Å². The third-order valence-corrected chi connectivity index (χ3v) is 4.06. The molecule has 0 aliphatic heterocycles. The van der Waals surface area contributed by atoms with Crippen molar-refractivity contribution in [3.8, 4) is 0 Å². The minimum atomic E-state index is -4.49. The summed E-state index contributed by atoms with van der Waals surface area (Å²) in [7, 11) is 0. The van der Waals surface area contributed by atoms with Crippen LogP contribution in [0, 0.1) is 0 Å². The first kappa shape index (κ1) is 22.4. The molecule has 0 spiro atoms.